The van der Waals surface area contributed by atoms with Crippen LogP contribution in [-0.2, 0) is 6.54 Å². The van der Waals surface area contributed by atoms with Gasteiger partial charge in [-0.05, 0) is 11.6 Å². The van der Waals surface area contributed by atoms with Crippen molar-refractivity contribution in [3.63, 3.8) is 0 Å². The lowest BCUT2D eigenvalue weighted by molar-refractivity contribution is -0.605. The van der Waals surface area contributed by atoms with Crippen molar-refractivity contribution in [2.75, 3.05) is 5.73 Å². The van der Waals surface area contributed by atoms with Gasteiger partial charge in [-0.3, -0.25) is 4.68 Å². The molecule has 0 unspecified atom stereocenters. The smallest absolute Gasteiger partial charge is 0.186 e. The van der Waals surface area contributed by atoms with Gasteiger partial charge in [-0.25, -0.2) is 9.97 Å². The highest BCUT2D eigenvalue weighted by Gasteiger charge is 2.12. The third-order valence-corrected chi connectivity index (χ3v) is 4.18. The molecule has 7 nitrogen and oxygen atoms in total. The normalized spacial score (nSPS) is 11.1. The van der Waals surface area contributed by atoms with Crippen LogP contribution < -0.4 is 10.5 Å². The van der Waals surface area contributed by atoms with E-state index in [-0.39, 0.29) is 0 Å². The second kappa shape index (κ2) is 6.03. The van der Waals surface area contributed by atoms with Crippen LogP contribution in [0.2, 0.25) is 5.02 Å². The van der Waals surface area contributed by atoms with Gasteiger partial charge in [-0.15, -0.1) is 0 Å². The molecule has 0 aliphatic carbocycles. The summed E-state index contributed by atoms with van der Waals surface area (Å²) in [4.78, 5) is 8.77. The lowest BCUT2D eigenvalue weighted by Gasteiger charge is -2.03. The summed E-state index contributed by atoms with van der Waals surface area (Å²) in [6.45, 7) is 0.506. The molecule has 0 fully saturated rings. The second-order valence-electron chi connectivity index (χ2n) is 5.53. The van der Waals surface area contributed by atoms with Gasteiger partial charge >= 0.3 is 0 Å². The van der Waals surface area contributed by atoms with Crippen LogP contribution >= 0.6 is 11.6 Å². The number of rotatable bonds is 3. The summed E-state index contributed by atoms with van der Waals surface area (Å²) in [7, 11) is 0. The van der Waals surface area contributed by atoms with E-state index in [4.69, 9.17) is 17.3 Å². The standard InChI is InChI=1S/C17H13ClN6O/c18-14-4-2-1-3-12(14)9-23-10-13-15(19)20-16(21-17(13)22-23)11-5-7-24(25)8-6-11/h1-8,10H,9H2,(H2,19,20,21,22). The minimum Gasteiger partial charge on any atom is -0.619 e. The molecule has 4 rings (SSSR count). The molecule has 0 saturated carbocycles. The number of nitrogens with two attached hydrogens (primary N) is 1. The quantitative estimate of drug-likeness (QED) is 0.451. The molecule has 0 amide bonds. The molecule has 0 aliphatic rings. The Labute approximate surface area is 147 Å². The summed E-state index contributed by atoms with van der Waals surface area (Å²) in [5.74, 6) is 0.762. The van der Waals surface area contributed by atoms with Gasteiger partial charge in [-0.1, -0.05) is 29.8 Å². The highest BCUT2D eigenvalue weighted by molar-refractivity contribution is 6.31. The Morgan fingerprint density at radius 2 is 1.88 bits per heavy atom. The highest BCUT2D eigenvalue weighted by atomic mass is 35.5. The highest BCUT2D eigenvalue weighted by Crippen LogP contribution is 2.23. The van der Waals surface area contributed by atoms with E-state index in [2.05, 4.69) is 15.1 Å². The van der Waals surface area contributed by atoms with Crippen molar-refractivity contribution < 1.29 is 4.73 Å². The molecule has 4 aromatic rings. The summed E-state index contributed by atoms with van der Waals surface area (Å²) in [5, 5.41) is 17.0. The number of halogens is 1. The SMILES string of the molecule is Nc1nc(-c2cc[n+]([O-])cc2)nc2nn(Cc3ccccc3Cl)cc12. The van der Waals surface area contributed by atoms with Gasteiger partial charge in [0.2, 0.25) is 0 Å². The van der Waals surface area contributed by atoms with Gasteiger partial charge in [-0.2, -0.15) is 9.83 Å². The molecule has 1 aromatic carbocycles. The van der Waals surface area contributed by atoms with E-state index in [1.165, 1.54) is 12.4 Å². The largest absolute Gasteiger partial charge is 0.619 e. The predicted molar refractivity (Wildman–Crippen MR) is 94.7 cm³/mol. The maximum atomic E-state index is 11.2. The van der Waals surface area contributed by atoms with E-state index in [1.54, 1.807) is 23.0 Å². The summed E-state index contributed by atoms with van der Waals surface area (Å²) >= 11 is 6.20. The van der Waals surface area contributed by atoms with E-state index in [9.17, 15) is 5.21 Å². The molecular formula is C17H13ClN6O. The number of nitrogen functional groups attached to an aromatic ring is 1. The molecule has 3 aromatic heterocycles. The number of pyridine rings is 1. The first kappa shape index (κ1) is 15.3. The van der Waals surface area contributed by atoms with Crippen molar-refractivity contribution in [2.45, 2.75) is 6.54 Å². The van der Waals surface area contributed by atoms with Crippen LogP contribution in [0.3, 0.4) is 0 Å². The van der Waals surface area contributed by atoms with Crippen LogP contribution in [0.4, 0.5) is 5.82 Å². The average Bonchev–Trinajstić information content (AvgIpc) is 3.01. The molecule has 0 radical (unpaired) electrons. The molecular weight excluding hydrogens is 340 g/mol. The Bertz CT molecular complexity index is 1060. The van der Waals surface area contributed by atoms with Crippen LogP contribution in [0, 0.1) is 5.21 Å². The van der Waals surface area contributed by atoms with E-state index >= 15 is 0 Å². The van der Waals surface area contributed by atoms with Gasteiger partial charge in [0.1, 0.15) is 5.82 Å². The van der Waals surface area contributed by atoms with Crippen LogP contribution in [0.25, 0.3) is 22.4 Å². The number of hydrogen-bond donors (Lipinski definition) is 1. The fourth-order valence-electron chi connectivity index (χ4n) is 2.55. The van der Waals surface area contributed by atoms with Crippen LogP contribution in [0.5, 0.6) is 0 Å². The van der Waals surface area contributed by atoms with Crippen molar-refractivity contribution in [3.05, 3.63) is 70.8 Å². The fourth-order valence-corrected chi connectivity index (χ4v) is 2.74. The number of fused-ring (bicyclic) bond motifs is 1. The molecule has 25 heavy (non-hydrogen) atoms. The first-order valence-corrected chi connectivity index (χ1v) is 7.91. The van der Waals surface area contributed by atoms with Gasteiger partial charge in [0, 0.05) is 28.9 Å². The third kappa shape index (κ3) is 2.97. The Balaban J connectivity index is 1.74. The van der Waals surface area contributed by atoms with Gasteiger partial charge < -0.3 is 10.9 Å². The van der Waals surface area contributed by atoms with Gasteiger partial charge in [0.15, 0.2) is 23.9 Å². The first-order valence-electron chi connectivity index (χ1n) is 7.53. The van der Waals surface area contributed by atoms with Crippen molar-refractivity contribution >= 4 is 28.5 Å². The fraction of sp³-hybridized carbons (Fsp3) is 0.0588. The molecule has 0 aliphatic heterocycles. The van der Waals surface area contributed by atoms with E-state index in [0.29, 0.717) is 44.5 Å². The lowest BCUT2D eigenvalue weighted by Crippen LogP contribution is -2.23. The van der Waals surface area contributed by atoms with Crippen molar-refractivity contribution in [3.8, 4) is 11.4 Å². The first-order chi connectivity index (χ1) is 12.1. The minimum atomic E-state index is 0.337. The molecule has 0 saturated heterocycles. The molecule has 2 N–H and O–H groups in total. The average molecular weight is 353 g/mol. The zero-order valence-electron chi connectivity index (χ0n) is 13.0. The van der Waals surface area contributed by atoms with E-state index in [1.807, 2.05) is 24.3 Å². The maximum Gasteiger partial charge on any atom is 0.186 e. The Morgan fingerprint density at radius 1 is 1.12 bits per heavy atom. The minimum absolute atomic E-state index is 0.337. The predicted octanol–water partition coefficient (Wildman–Crippen LogP) is 2.41. The van der Waals surface area contributed by atoms with Gasteiger partial charge in [0.05, 0.1) is 11.9 Å². The summed E-state index contributed by atoms with van der Waals surface area (Å²) in [5.41, 5.74) is 8.20. The summed E-state index contributed by atoms with van der Waals surface area (Å²) in [6, 6.07) is 10.9. The third-order valence-electron chi connectivity index (χ3n) is 3.81. The zero-order valence-corrected chi connectivity index (χ0v) is 13.8. The molecule has 124 valence electrons. The monoisotopic (exact) mass is 352 g/mol. The van der Waals surface area contributed by atoms with Crippen molar-refractivity contribution in [1.82, 2.24) is 19.7 Å². The van der Waals surface area contributed by atoms with Gasteiger partial charge in [0.25, 0.3) is 0 Å². The Hall–Kier alpha value is -3.19. The Morgan fingerprint density at radius 3 is 2.64 bits per heavy atom. The number of benzene rings is 1. The number of hydrogen-bond acceptors (Lipinski definition) is 5. The maximum absolute atomic E-state index is 11.2. The van der Waals surface area contributed by atoms with Crippen LogP contribution in [0.1, 0.15) is 5.56 Å². The summed E-state index contributed by atoms with van der Waals surface area (Å²) in [6.07, 6.45) is 4.57. The molecule has 0 spiro atoms. The molecule has 0 atom stereocenters. The van der Waals surface area contributed by atoms with Crippen LogP contribution in [-0.4, -0.2) is 19.7 Å². The number of anilines is 1. The number of aromatic nitrogens is 5. The van der Waals surface area contributed by atoms with E-state index < -0.39 is 0 Å². The molecule has 3 heterocycles. The van der Waals surface area contributed by atoms with Crippen LogP contribution in [0.15, 0.2) is 55.0 Å². The zero-order chi connectivity index (χ0) is 17.4. The molecule has 8 heteroatoms. The van der Waals surface area contributed by atoms with E-state index in [0.717, 1.165) is 5.56 Å². The van der Waals surface area contributed by atoms with Crippen molar-refractivity contribution in [2.24, 2.45) is 0 Å². The van der Waals surface area contributed by atoms with Crippen molar-refractivity contribution in [1.29, 1.82) is 0 Å². The summed E-state index contributed by atoms with van der Waals surface area (Å²) < 4.78 is 2.43. The Kier molecular flexibility index (Phi) is 3.70. The second-order valence-corrected chi connectivity index (χ2v) is 5.94. The number of nitrogens with zero attached hydrogens (tertiary/aromatic N) is 5. The molecule has 0 bridgehead atoms. The topological polar surface area (TPSA) is 96.6 Å². The lowest BCUT2D eigenvalue weighted by atomic mass is 10.2.